The third kappa shape index (κ3) is 7.28. The Hall–Kier alpha value is -1.06. The molecule has 26 heavy (non-hydrogen) atoms. The van der Waals surface area contributed by atoms with Crippen LogP contribution in [0.15, 0.2) is 29.3 Å². The smallest absolute Gasteiger partial charge is 0.191 e. The van der Waals surface area contributed by atoms with E-state index in [1.807, 2.05) is 32.0 Å². The van der Waals surface area contributed by atoms with Gasteiger partial charge in [0.15, 0.2) is 5.96 Å². The number of guanidine groups is 1. The molecule has 0 saturated carbocycles. The quantitative estimate of drug-likeness (QED) is 0.305. The van der Waals surface area contributed by atoms with Crippen LogP contribution in [0.1, 0.15) is 32.3 Å². The summed E-state index contributed by atoms with van der Waals surface area (Å²) in [6, 6.07) is 8.07. The Bertz CT molecular complexity index is 561. The standard InChI is InChI=1S/C19H31N3O3.HI/c1-15(2)25-17-6-4-5-16(11-17)12-21-18(20-3)22-13-19(7-9-23)8-10-24-14-19;/h4-6,11,15,23H,7-10,12-14H2,1-3H3,(H2,20,21,22);1H. The number of rotatable bonds is 8. The van der Waals surface area contributed by atoms with E-state index in [2.05, 4.69) is 21.7 Å². The minimum Gasteiger partial charge on any atom is -0.491 e. The monoisotopic (exact) mass is 477 g/mol. The van der Waals surface area contributed by atoms with Gasteiger partial charge in [-0.25, -0.2) is 0 Å². The van der Waals surface area contributed by atoms with Crippen molar-refractivity contribution in [3.05, 3.63) is 29.8 Å². The number of nitrogens with zero attached hydrogens (tertiary/aromatic N) is 1. The van der Waals surface area contributed by atoms with Crippen LogP contribution in [0, 0.1) is 5.41 Å². The predicted octanol–water partition coefficient (Wildman–Crippen LogP) is 2.55. The first-order valence-corrected chi connectivity index (χ1v) is 8.96. The number of nitrogens with one attached hydrogen (secondary N) is 2. The molecule has 1 aromatic rings. The van der Waals surface area contributed by atoms with Gasteiger partial charge < -0.3 is 25.2 Å². The van der Waals surface area contributed by atoms with E-state index in [1.165, 1.54) is 0 Å². The number of halogens is 1. The highest BCUT2D eigenvalue weighted by Gasteiger charge is 2.34. The lowest BCUT2D eigenvalue weighted by molar-refractivity contribution is 0.127. The SMILES string of the molecule is CN=C(NCc1cccc(OC(C)C)c1)NCC1(CCO)CCOC1.I. The zero-order chi connectivity index (χ0) is 18.1. The number of hydrogen-bond acceptors (Lipinski definition) is 4. The third-order valence-electron chi connectivity index (χ3n) is 4.41. The lowest BCUT2D eigenvalue weighted by Crippen LogP contribution is -2.44. The molecular formula is C19H32IN3O3. The lowest BCUT2D eigenvalue weighted by Gasteiger charge is -2.27. The summed E-state index contributed by atoms with van der Waals surface area (Å²) in [6.45, 7) is 7.07. The van der Waals surface area contributed by atoms with Gasteiger partial charge in [0.1, 0.15) is 5.75 Å². The van der Waals surface area contributed by atoms with Crippen LogP contribution < -0.4 is 15.4 Å². The second kappa shape index (κ2) is 11.6. The first-order chi connectivity index (χ1) is 12.1. The van der Waals surface area contributed by atoms with Crippen molar-refractivity contribution in [2.75, 3.05) is 33.4 Å². The van der Waals surface area contributed by atoms with Crippen LogP contribution in [0.5, 0.6) is 5.75 Å². The summed E-state index contributed by atoms with van der Waals surface area (Å²) in [5.41, 5.74) is 1.13. The summed E-state index contributed by atoms with van der Waals surface area (Å²) < 4.78 is 11.3. The van der Waals surface area contributed by atoms with Crippen molar-refractivity contribution >= 4 is 29.9 Å². The second-order valence-electron chi connectivity index (χ2n) is 6.87. The molecule has 1 atom stereocenters. The Labute approximate surface area is 173 Å². The lowest BCUT2D eigenvalue weighted by atomic mass is 9.84. The molecule has 1 aromatic carbocycles. The first kappa shape index (κ1) is 23.0. The topological polar surface area (TPSA) is 75.1 Å². The molecule has 0 aliphatic carbocycles. The van der Waals surface area contributed by atoms with Crippen LogP contribution in [0.4, 0.5) is 0 Å². The normalized spacial score (nSPS) is 20.0. The van der Waals surface area contributed by atoms with Crippen LogP contribution in [-0.2, 0) is 11.3 Å². The fraction of sp³-hybridized carbons (Fsp3) is 0.632. The minimum absolute atomic E-state index is 0. The van der Waals surface area contributed by atoms with E-state index in [0.29, 0.717) is 13.2 Å². The zero-order valence-corrected chi connectivity index (χ0v) is 18.3. The fourth-order valence-corrected chi connectivity index (χ4v) is 2.99. The summed E-state index contributed by atoms with van der Waals surface area (Å²) in [6.07, 6.45) is 1.87. The molecular weight excluding hydrogens is 445 g/mol. The molecule has 1 heterocycles. The number of aliphatic hydroxyl groups excluding tert-OH is 1. The van der Waals surface area contributed by atoms with Crippen LogP contribution in [0.2, 0.25) is 0 Å². The highest BCUT2D eigenvalue weighted by molar-refractivity contribution is 14.0. The Balaban J connectivity index is 0.00000338. The van der Waals surface area contributed by atoms with Gasteiger partial charge in [0.25, 0.3) is 0 Å². The average Bonchev–Trinajstić information content (AvgIpc) is 3.04. The average molecular weight is 477 g/mol. The molecule has 3 N–H and O–H groups in total. The van der Waals surface area contributed by atoms with Gasteiger partial charge in [-0.1, -0.05) is 12.1 Å². The molecule has 1 aliphatic heterocycles. The zero-order valence-electron chi connectivity index (χ0n) is 16.0. The van der Waals surface area contributed by atoms with Gasteiger partial charge in [0.2, 0.25) is 0 Å². The fourth-order valence-electron chi connectivity index (χ4n) is 2.99. The summed E-state index contributed by atoms with van der Waals surface area (Å²) in [5.74, 6) is 1.63. The second-order valence-corrected chi connectivity index (χ2v) is 6.87. The molecule has 0 bridgehead atoms. The maximum atomic E-state index is 9.31. The molecule has 0 radical (unpaired) electrons. The Morgan fingerprint density at radius 3 is 2.81 bits per heavy atom. The van der Waals surface area contributed by atoms with Crippen LogP contribution in [0.3, 0.4) is 0 Å². The molecule has 6 nitrogen and oxygen atoms in total. The van der Waals surface area contributed by atoms with Crippen molar-refractivity contribution < 1.29 is 14.6 Å². The summed E-state index contributed by atoms with van der Waals surface area (Å²) in [4.78, 5) is 4.29. The number of benzene rings is 1. The van der Waals surface area contributed by atoms with Crippen LogP contribution >= 0.6 is 24.0 Å². The molecule has 1 saturated heterocycles. The highest BCUT2D eigenvalue weighted by atomic mass is 127. The summed E-state index contributed by atoms with van der Waals surface area (Å²) in [7, 11) is 1.76. The molecule has 0 amide bonds. The number of ether oxygens (including phenoxy) is 2. The van der Waals surface area contributed by atoms with Crippen molar-refractivity contribution in [3.8, 4) is 5.75 Å². The Morgan fingerprint density at radius 2 is 2.19 bits per heavy atom. The van der Waals surface area contributed by atoms with Crippen LogP contribution in [-0.4, -0.2) is 50.6 Å². The molecule has 1 aliphatic rings. The van der Waals surface area contributed by atoms with E-state index < -0.39 is 0 Å². The van der Waals surface area contributed by atoms with Crippen molar-refractivity contribution in [3.63, 3.8) is 0 Å². The molecule has 7 heteroatoms. The van der Waals surface area contributed by atoms with Gasteiger partial charge in [-0.05, 0) is 44.4 Å². The molecule has 148 valence electrons. The van der Waals surface area contributed by atoms with Gasteiger partial charge in [-0.15, -0.1) is 24.0 Å². The van der Waals surface area contributed by atoms with Crippen molar-refractivity contribution in [2.45, 2.75) is 39.3 Å². The molecule has 1 unspecified atom stereocenters. The maximum absolute atomic E-state index is 9.31. The number of aliphatic hydroxyl groups is 1. The molecule has 2 rings (SSSR count). The van der Waals surface area contributed by atoms with Gasteiger partial charge in [0.05, 0.1) is 12.7 Å². The predicted molar refractivity (Wildman–Crippen MR) is 115 cm³/mol. The maximum Gasteiger partial charge on any atom is 0.191 e. The van der Waals surface area contributed by atoms with E-state index in [4.69, 9.17) is 9.47 Å². The van der Waals surface area contributed by atoms with Gasteiger partial charge in [-0.3, -0.25) is 4.99 Å². The van der Waals surface area contributed by atoms with E-state index >= 15 is 0 Å². The number of hydrogen-bond donors (Lipinski definition) is 3. The van der Waals surface area contributed by atoms with Gasteiger partial charge in [-0.2, -0.15) is 0 Å². The molecule has 1 fully saturated rings. The van der Waals surface area contributed by atoms with E-state index in [-0.39, 0.29) is 42.1 Å². The van der Waals surface area contributed by atoms with Crippen molar-refractivity contribution in [2.24, 2.45) is 10.4 Å². The van der Waals surface area contributed by atoms with E-state index in [9.17, 15) is 5.11 Å². The first-order valence-electron chi connectivity index (χ1n) is 8.96. The molecule has 0 aromatic heterocycles. The third-order valence-corrected chi connectivity index (χ3v) is 4.41. The van der Waals surface area contributed by atoms with Crippen molar-refractivity contribution in [1.82, 2.24) is 10.6 Å². The van der Waals surface area contributed by atoms with E-state index in [1.54, 1.807) is 7.05 Å². The summed E-state index contributed by atoms with van der Waals surface area (Å²) >= 11 is 0. The molecule has 0 spiro atoms. The summed E-state index contributed by atoms with van der Waals surface area (Å²) in [5, 5.41) is 16.0. The van der Waals surface area contributed by atoms with E-state index in [0.717, 1.165) is 43.3 Å². The minimum atomic E-state index is -0.00259. The van der Waals surface area contributed by atoms with Gasteiger partial charge in [0, 0.05) is 38.8 Å². The largest absolute Gasteiger partial charge is 0.491 e. The Morgan fingerprint density at radius 1 is 1.38 bits per heavy atom. The Kier molecular flexibility index (Phi) is 10.3. The van der Waals surface area contributed by atoms with Crippen LogP contribution in [0.25, 0.3) is 0 Å². The highest BCUT2D eigenvalue weighted by Crippen LogP contribution is 2.31. The number of aliphatic imine (C=N–C) groups is 1. The van der Waals surface area contributed by atoms with Crippen molar-refractivity contribution in [1.29, 1.82) is 0 Å². The van der Waals surface area contributed by atoms with Gasteiger partial charge >= 0.3 is 0 Å².